The van der Waals surface area contributed by atoms with E-state index >= 15 is 0 Å². The van der Waals surface area contributed by atoms with Gasteiger partial charge >= 0.3 is 5.97 Å². The van der Waals surface area contributed by atoms with E-state index in [0.29, 0.717) is 18.4 Å². The molecule has 2 rings (SSSR count). The smallest absolute Gasteiger partial charge is 0.325 e. The molecule has 5 heteroatoms. The van der Waals surface area contributed by atoms with Gasteiger partial charge in [-0.3, -0.25) is 4.79 Å². The van der Waals surface area contributed by atoms with Crippen molar-refractivity contribution in [2.75, 3.05) is 26.9 Å². The molecular weight excluding hydrogens is 318 g/mol. The van der Waals surface area contributed by atoms with Crippen LogP contribution in [0.1, 0.15) is 32.8 Å². The summed E-state index contributed by atoms with van der Waals surface area (Å²) in [6, 6.07) is 9.62. The minimum Gasteiger partial charge on any atom is -0.461 e. The molecular formula is C20H33NO4. The Morgan fingerprint density at radius 2 is 1.92 bits per heavy atom. The number of cyclic esters (lactones) is 1. The lowest BCUT2D eigenvalue weighted by molar-refractivity contribution is -0.150. The van der Waals surface area contributed by atoms with E-state index in [1.54, 1.807) is 7.11 Å². The molecule has 2 N–H and O–H groups in total. The highest BCUT2D eigenvalue weighted by Gasteiger charge is 2.24. The van der Waals surface area contributed by atoms with Gasteiger partial charge in [0.25, 0.3) is 0 Å². The molecule has 1 aromatic rings. The van der Waals surface area contributed by atoms with Gasteiger partial charge in [-0.05, 0) is 37.2 Å². The van der Waals surface area contributed by atoms with Crippen molar-refractivity contribution in [3.05, 3.63) is 35.9 Å². The Morgan fingerprint density at radius 3 is 2.48 bits per heavy atom. The fourth-order valence-electron chi connectivity index (χ4n) is 2.72. The molecule has 2 unspecified atom stereocenters. The monoisotopic (exact) mass is 351 g/mol. The maximum atomic E-state index is 11.6. The van der Waals surface area contributed by atoms with Crippen molar-refractivity contribution in [1.29, 1.82) is 0 Å². The molecule has 1 fully saturated rings. The van der Waals surface area contributed by atoms with Crippen LogP contribution in [-0.2, 0) is 25.4 Å². The number of ether oxygens (including phenoxy) is 3. The summed E-state index contributed by atoms with van der Waals surface area (Å²) in [6.07, 6.45) is 1.61. The second-order valence-corrected chi connectivity index (χ2v) is 7.03. The van der Waals surface area contributed by atoms with Crippen LogP contribution < -0.4 is 5.73 Å². The van der Waals surface area contributed by atoms with Gasteiger partial charge in [0.05, 0.1) is 12.7 Å². The van der Waals surface area contributed by atoms with Crippen molar-refractivity contribution in [3.63, 3.8) is 0 Å². The van der Waals surface area contributed by atoms with Crippen molar-refractivity contribution in [3.8, 4) is 0 Å². The second-order valence-electron chi connectivity index (χ2n) is 7.03. The predicted molar refractivity (Wildman–Crippen MR) is 99.3 cm³/mol. The molecule has 0 radical (unpaired) electrons. The summed E-state index contributed by atoms with van der Waals surface area (Å²) in [5.41, 5.74) is 6.95. The first kappa shape index (κ1) is 21.6. The number of nitrogens with two attached hydrogens (primary N) is 1. The highest BCUT2D eigenvalue weighted by molar-refractivity contribution is 5.75. The average Bonchev–Trinajstić information content (AvgIpc) is 2.60. The Morgan fingerprint density at radius 1 is 1.24 bits per heavy atom. The number of benzene rings is 1. The Bertz CT molecular complexity index is 478. The zero-order chi connectivity index (χ0) is 18.7. The van der Waals surface area contributed by atoms with Crippen LogP contribution >= 0.6 is 0 Å². The van der Waals surface area contributed by atoms with Gasteiger partial charge in [-0.1, -0.05) is 44.2 Å². The van der Waals surface area contributed by atoms with Crippen molar-refractivity contribution < 1.29 is 19.0 Å². The second kappa shape index (κ2) is 12.0. The van der Waals surface area contributed by atoms with Gasteiger partial charge in [0.15, 0.2) is 0 Å². The third-order valence-electron chi connectivity index (χ3n) is 3.80. The summed E-state index contributed by atoms with van der Waals surface area (Å²) in [7, 11) is 1.72. The summed E-state index contributed by atoms with van der Waals surface area (Å²) in [5.74, 6) is 0.651. The van der Waals surface area contributed by atoms with Crippen molar-refractivity contribution in [2.45, 2.75) is 45.8 Å². The minimum atomic E-state index is -0.669. The fourth-order valence-corrected chi connectivity index (χ4v) is 2.72. The van der Waals surface area contributed by atoms with Crippen LogP contribution in [0.2, 0.25) is 0 Å². The zero-order valence-corrected chi connectivity index (χ0v) is 15.9. The number of hydrogen-bond acceptors (Lipinski definition) is 5. The van der Waals surface area contributed by atoms with E-state index in [4.69, 9.17) is 19.9 Å². The van der Waals surface area contributed by atoms with E-state index in [1.165, 1.54) is 5.56 Å². The van der Waals surface area contributed by atoms with Crippen LogP contribution in [0.3, 0.4) is 0 Å². The molecule has 0 saturated carbocycles. The van der Waals surface area contributed by atoms with Crippen molar-refractivity contribution in [2.24, 2.45) is 17.6 Å². The quantitative estimate of drug-likeness (QED) is 0.845. The van der Waals surface area contributed by atoms with Gasteiger partial charge in [-0.2, -0.15) is 0 Å². The Balaban J connectivity index is 0.000000450. The lowest BCUT2D eigenvalue weighted by Gasteiger charge is -2.19. The molecule has 142 valence electrons. The maximum absolute atomic E-state index is 11.6. The van der Waals surface area contributed by atoms with Crippen LogP contribution in [0.25, 0.3) is 0 Å². The lowest BCUT2D eigenvalue weighted by atomic mass is 9.95. The summed E-state index contributed by atoms with van der Waals surface area (Å²) in [5, 5.41) is 0. The fraction of sp³-hybridized carbons (Fsp3) is 0.650. The molecule has 25 heavy (non-hydrogen) atoms. The van der Waals surface area contributed by atoms with Gasteiger partial charge in [0.2, 0.25) is 0 Å². The number of carbonyl (C=O) groups is 1. The van der Waals surface area contributed by atoms with E-state index in [1.807, 2.05) is 25.1 Å². The highest BCUT2D eigenvalue weighted by atomic mass is 16.5. The molecule has 1 saturated heterocycles. The maximum Gasteiger partial charge on any atom is 0.325 e. The molecule has 3 atom stereocenters. The van der Waals surface area contributed by atoms with Crippen LogP contribution in [0.4, 0.5) is 0 Å². The summed E-state index contributed by atoms with van der Waals surface area (Å²) in [6.45, 7) is 7.89. The Hall–Kier alpha value is -1.43. The van der Waals surface area contributed by atoms with E-state index in [9.17, 15) is 4.79 Å². The molecule has 0 spiro atoms. The van der Waals surface area contributed by atoms with Gasteiger partial charge in [0, 0.05) is 20.3 Å². The molecule has 1 aliphatic rings. The SMILES string of the molecule is CC1CC(Cc2ccccc2)COC[C@H](N)C(=O)O1.COCC(C)C. The highest BCUT2D eigenvalue weighted by Crippen LogP contribution is 2.18. The van der Waals surface area contributed by atoms with Crippen molar-refractivity contribution >= 4 is 5.97 Å². The first-order valence-electron chi connectivity index (χ1n) is 8.99. The predicted octanol–water partition coefficient (Wildman–Crippen LogP) is 2.81. The molecule has 5 nitrogen and oxygen atoms in total. The standard InChI is InChI=1S/C15H21NO3.C5H12O/c1-11-7-13(8-12-5-3-2-4-6-12)9-18-10-14(16)15(17)19-11;1-5(2)4-6-3/h2-6,11,13-14H,7-10,16H2,1H3;5H,4H2,1-3H3/t11?,13?,14-;/m0./s1. The number of rotatable bonds is 4. The number of carbonyl (C=O) groups excluding carboxylic acids is 1. The van der Waals surface area contributed by atoms with Crippen LogP contribution in [0.5, 0.6) is 0 Å². The van der Waals surface area contributed by atoms with Gasteiger partial charge in [0.1, 0.15) is 6.04 Å². The summed E-state index contributed by atoms with van der Waals surface area (Å²) < 4.78 is 15.7. The van der Waals surface area contributed by atoms with Crippen LogP contribution in [0.15, 0.2) is 30.3 Å². The van der Waals surface area contributed by atoms with E-state index in [-0.39, 0.29) is 18.7 Å². The number of hydrogen-bond donors (Lipinski definition) is 1. The molecule has 1 heterocycles. The number of methoxy groups -OCH3 is 1. The molecule has 1 aliphatic heterocycles. The minimum absolute atomic E-state index is 0.117. The summed E-state index contributed by atoms with van der Waals surface area (Å²) in [4.78, 5) is 11.6. The largest absolute Gasteiger partial charge is 0.461 e. The molecule has 0 bridgehead atoms. The van der Waals surface area contributed by atoms with Gasteiger partial charge < -0.3 is 19.9 Å². The van der Waals surface area contributed by atoms with E-state index in [2.05, 4.69) is 26.0 Å². The first-order chi connectivity index (χ1) is 11.9. The van der Waals surface area contributed by atoms with E-state index in [0.717, 1.165) is 19.4 Å². The van der Waals surface area contributed by atoms with Gasteiger partial charge in [-0.15, -0.1) is 0 Å². The summed E-state index contributed by atoms with van der Waals surface area (Å²) >= 11 is 0. The Kier molecular flexibility index (Phi) is 10.4. The molecule has 0 amide bonds. The van der Waals surface area contributed by atoms with Crippen LogP contribution in [0, 0.1) is 11.8 Å². The van der Waals surface area contributed by atoms with Crippen LogP contribution in [-0.4, -0.2) is 45.0 Å². The third-order valence-corrected chi connectivity index (χ3v) is 3.80. The topological polar surface area (TPSA) is 70.8 Å². The lowest BCUT2D eigenvalue weighted by Crippen LogP contribution is -2.37. The van der Waals surface area contributed by atoms with Crippen molar-refractivity contribution in [1.82, 2.24) is 0 Å². The molecule has 0 aromatic heterocycles. The zero-order valence-electron chi connectivity index (χ0n) is 15.9. The normalized spacial score (nSPS) is 24.4. The molecule has 1 aromatic carbocycles. The van der Waals surface area contributed by atoms with Gasteiger partial charge in [-0.25, -0.2) is 0 Å². The molecule has 0 aliphatic carbocycles. The Labute approximate surface area is 151 Å². The first-order valence-corrected chi connectivity index (χ1v) is 8.99. The number of esters is 1. The third kappa shape index (κ3) is 9.58. The average molecular weight is 351 g/mol. The van der Waals surface area contributed by atoms with E-state index < -0.39 is 6.04 Å².